The molecule has 0 spiro atoms. The molecule has 1 aliphatic heterocycles. The Bertz CT molecular complexity index is 1490. The van der Waals surface area contributed by atoms with Crippen LogP contribution in [0.4, 0.5) is 17.1 Å². The number of fused-ring (bicyclic) bond motifs is 1. The molecule has 218 valence electrons. The van der Waals surface area contributed by atoms with E-state index < -0.39 is 10.8 Å². The van der Waals surface area contributed by atoms with E-state index >= 15 is 0 Å². The van der Waals surface area contributed by atoms with E-state index in [1.807, 2.05) is 42.5 Å². The van der Waals surface area contributed by atoms with Gasteiger partial charge < -0.3 is 25.0 Å². The maximum Gasteiger partial charge on any atom is 0.270 e. The molecule has 0 atom stereocenters. The average Bonchev–Trinajstić information content (AvgIpc) is 2.98. The number of nitro benzene ring substituents is 1. The molecule has 0 aromatic heterocycles. The maximum absolute atomic E-state index is 12.9. The molecule has 0 saturated heterocycles. The summed E-state index contributed by atoms with van der Waals surface area (Å²) in [6, 6.07) is 17.3. The van der Waals surface area contributed by atoms with Crippen LogP contribution in [0.25, 0.3) is 0 Å². The first-order valence-corrected chi connectivity index (χ1v) is 13.9. The van der Waals surface area contributed by atoms with Gasteiger partial charge in [-0.25, -0.2) is 0 Å². The molecule has 2 amide bonds. The topological polar surface area (TPSA) is 123 Å². The number of amides is 2. The van der Waals surface area contributed by atoms with Crippen LogP contribution in [0.3, 0.4) is 0 Å². The molecule has 2 N–H and O–H groups in total. The summed E-state index contributed by atoms with van der Waals surface area (Å²) in [4.78, 5) is 37.4. The highest BCUT2D eigenvalue weighted by atomic mass is 35.5. The third kappa shape index (κ3) is 8.22. The average molecular weight is 591 g/mol. The van der Waals surface area contributed by atoms with Crippen LogP contribution >= 0.6 is 11.6 Å². The Morgan fingerprint density at radius 1 is 1.12 bits per heavy atom. The smallest absolute Gasteiger partial charge is 0.270 e. The zero-order chi connectivity index (χ0) is 29.9. The van der Waals surface area contributed by atoms with Crippen molar-refractivity contribution in [2.45, 2.75) is 25.8 Å². The number of nitrogens with zero attached hydrogens (tertiary/aromatic N) is 2. The fraction of sp³-hybridized carbons (Fsp3) is 0.290. The standard InChI is InChI=1S/C31H31ClN4O6/c1-2-3-14-33-30(37)21-41-16-17-42-29-9-5-4-7-23(29)20-35-15-6-8-22-18-24(10-13-28(22)35)34-31(38)26-19-25(36(39)40)11-12-27(26)32/h1,4-5,7,9-13,18-19H,3,6,8,14-17,20-21H2,(H,33,37)(H,34,38). The molecule has 0 radical (unpaired) electrons. The lowest BCUT2D eigenvalue weighted by Crippen LogP contribution is -2.29. The second-order valence-electron chi connectivity index (χ2n) is 9.56. The van der Waals surface area contributed by atoms with Crippen molar-refractivity contribution in [3.63, 3.8) is 0 Å². The third-order valence-electron chi connectivity index (χ3n) is 6.60. The van der Waals surface area contributed by atoms with E-state index in [1.54, 1.807) is 0 Å². The van der Waals surface area contributed by atoms with E-state index in [4.69, 9.17) is 27.5 Å². The van der Waals surface area contributed by atoms with Gasteiger partial charge >= 0.3 is 0 Å². The number of nitrogens with one attached hydrogen (secondary N) is 2. The summed E-state index contributed by atoms with van der Waals surface area (Å²) in [7, 11) is 0. The molecule has 3 aromatic carbocycles. The van der Waals surface area contributed by atoms with Gasteiger partial charge in [-0.05, 0) is 48.7 Å². The lowest BCUT2D eigenvalue weighted by molar-refractivity contribution is -0.384. The first kappa shape index (κ1) is 30.4. The van der Waals surface area contributed by atoms with Crippen LogP contribution < -0.4 is 20.3 Å². The van der Waals surface area contributed by atoms with Crippen molar-refractivity contribution >= 4 is 40.5 Å². The summed E-state index contributed by atoms with van der Waals surface area (Å²) in [5.41, 5.74) is 3.56. The molecular weight excluding hydrogens is 560 g/mol. The van der Waals surface area contributed by atoms with Crippen LogP contribution in [0.15, 0.2) is 60.7 Å². The number of benzene rings is 3. The summed E-state index contributed by atoms with van der Waals surface area (Å²) in [5, 5.41) is 16.8. The minimum Gasteiger partial charge on any atom is -0.491 e. The maximum atomic E-state index is 12.9. The Labute approximate surface area is 249 Å². The van der Waals surface area contributed by atoms with Gasteiger partial charge in [-0.3, -0.25) is 19.7 Å². The molecule has 0 saturated carbocycles. The van der Waals surface area contributed by atoms with Gasteiger partial charge in [-0.2, -0.15) is 0 Å². The second-order valence-corrected chi connectivity index (χ2v) is 9.96. The molecule has 3 aromatic rings. The van der Waals surface area contributed by atoms with Gasteiger partial charge in [0.2, 0.25) is 5.91 Å². The number of ether oxygens (including phenoxy) is 2. The van der Waals surface area contributed by atoms with Crippen LogP contribution in [0.2, 0.25) is 5.02 Å². The summed E-state index contributed by atoms with van der Waals surface area (Å²) in [6.45, 7) is 2.40. The van der Waals surface area contributed by atoms with Crippen LogP contribution in [0.5, 0.6) is 5.75 Å². The molecule has 0 aliphatic carbocycles. The van der Waals surface area contributed by atoms with Crippen molar-refractivity contribution in [2.75, 3.05) is 43.1 Å². The Morgan fingerprint density at radius 2 is 1.95 bits per heavy atom. The monoisotopic (exact) mass is 590 g/mol. The van der Waals surface area contributed by atoms with E-state index in [2.05, 4.69) is 21.5 Å². The quantitative estimate of drug-likeness (QED) is 0.124. The van der Waals surface area contributed by atoms with Crippen LogP contribution in [0, 0.1) is 22.5 Å². The number of terminal acetylenes is 1. The van der Waals surface area contributed by atoms with Gasteiger partial charge in [0.1, 0.15) is 19.0 Å². The van der Waals surface area contributed by atoms with Crippen molar-refractivity contribution in [2.24, 2.45) is 0 Å². The van der Waals surface area contributed by atoms with Crippen LogP contribution in [0.1, 0.15) is 34.3 Å². The van der Waals surface area contributed by atoms with Gasteiger partial charge in [0.25, 0.3) is 11.6 Å². The predicted molar refractivity (Wildman–Crippen MR) is 161 cm³/mol. The number of nitro groups is 1. The highest BCUT2D eigenvalue weighted by Crippen LogP contribution is 2.33. The van der Waals surface area contributed by atoms with Crippen molar-refractivity contribution in [3.05, 3.63) is 92.5 Å². The molecule has 1 aliphatic rings. The lowest BCUT2D eigenvalue weighted by atomic mass is 10.00. The van der Waals surface area contributed by atoms with E-state index in [9.17, 15) is 19.7 Å². The fourth-order valence-electron chi connectivity index (χ4n) is 4.60. The highest BCUT2D eigenvalue weighted by molar-refractivity contribution is 6.34. The normalized spacial score (nSPS) is 12.1. The number of aryl methyl sites for hydroxylation is 1. The minimum atomic E-state index is -0.567. The number of hydrogen-bond acceptors (Lipinski definition) is 7. The van der Waals surface area contributed by atoms with Crippen LogP contribution in [-0.4, -0.2) is 49.6 Å². The first-order chi connectivity index (χ1) is 20.4. The highest BCUT2D eigenvalue weighted by Gasteiger charge is 2.21. The number of non-ortho nitro benzene ring substituents is 1. The minimum absolute atomic E-state index is 0.0375. The fourth-order valence-corrected chi connectivity index (χ4v) is 4.80. The van der Waals surface area contributed by atoms with Gasteiger partial charge in [-0.15, -0.1) is 12.3 Å². The molecule has 0 unspecified atom stereocenters. The van der Waals surface area contributed by atoms with E-state index in [1.165, 1.54) is 18.2 Å². The molecule has 4 rings (SSSR count). The number of halogens is 1. The van der Waals surface area contributed by atoms with Gasteiger partial charge in [0, 0.05) is 55.1 Å². The molecule has 11 heteroatoms. The summed E-state index contributed by atoms with van der Waals surface area (Å²) in [5.74, 6) is 2.47. The van der Waals surface area contributed by atoms with Gasteiger partial charge in [0.05, 0.1) is 22.1 Å². The zero-order valence-corrected chi connectivity index (χ0v) is 23.7. The largest absolute Gasteiger partial charge is 0.491 e. The van der Waals surface area contributed by atoms with Gasteiger partial charge in [-0.1, -0.05) is 29.8 Å². The molecule has 42 heavy (non-hydrogen) atoms. The Balaban J connectivity index is 1.36. The first-order valence-electron chi connectivity index (χ1n) is 13.5. The third-order valence-corrected chi connectivity index (χ3v) is 6.93. The number of carbonyl (C=O) groups is 2. The second kappa shape index (κ2) is 14.9. The molecular formula is C31H31ClN4O6. The van der Waals surface area contributed by atoms with E-state index in [0.717, 1.165) is 42.0 Å². The number of hydrogen-bond donors (Lipinski definition) is 2. The van der Waals surface area contributed by atoms with E-state index in [-0.39, 0.29) is 35.4 Å². The van der Waals surface area contributed by atoms with Crippen molar-refractivity contribution in [3.8, 4) is 18.1 Å². The molecule has 1 heterocycles. The molecule has 10 nitrogen and oxygen atoms in total. The summed E-state index contributed by atoms with van der Waals surface area (Å²) in [6.07, 6.45) is 7.43. The molecule has 0 fully saturated rings. The number of anilines is 2. The van der Waals surface area contributed by atoms with Gasteiger partial charge in [0.15, 0.2) is 0 Å². The summed E-state index contributed by atoms with van der Waals surface area (Å²) >= 11 is 6.14. The SMILES string of the molecule is C#CCCNC(=O)COCCOc1ccccc1CN1CCCc2cc(NC(=O)c3cc([N+](=O)[O-])ccc3Cl)ccc21. The summed E-state index contributed by atoms with van der Waals surface area (Å²) < 4.78 is 11.4. The predicted octanol–water partition coefficient (Wildman–Crippen LogP) is 4.99. The number of rotatable bonds is 13. The number of carbonyl (C=O) groups excluding carboxylic acids is 2. The lowest BCUT2D eigenvalue weighted by Gasteiger charge is -2.32. The van der Waals surface area contributed by atoms with Crippen LogP contribution in [-0.2, 0) is 22.5 Å². The van der Waals surface area contributed by atoms with Crippen molar-refractivity contribution < 1.29 is 24.0 Å². The van der Waals surface area contributed by atoms with E-state index in [0.29, 0.717) is 31.8 Å². The zero-order valence-electron chi connectivity index (χ0n) is 22.9. The Morgan fingerprint density at radius 3 is 2.76 bits per heavy atom. The Hall–Kier alpha value is -4.59. The van der Waals surface area contributed by atoms with Crippen molar-refractivity contribution in [1.82, 2.24) is 5.32 Å². The Kier molecular flexibility index (Phi) is 10.8. The molecule has 0 bridgehead atoms. The van der Waals surface area contributed by atoms with Crippen molar-refractivity contribution in [1.29, 1.82) is 0 Å². The number of para-hydroxylation sites is 1.